The Morgan fingerprint density at radius 2 is 1.83 bits per heavy atom. The van der Waals surface area contributed by atoms with E-state index in [1.54, 1.807) is 0 Å². The molecule has 120 valence electrons. The smallest absolute Gasteiger partial charge is 0.355 e. The van der Waals surface area contributed by atoms with E-state index < -0.39 is 29.7 Å². The van der Waals surface area contributed by atoms with Crippen molar-refractivity contribution in [3.63, 3.8) is 0 Å². The molecule has 0 bridgehead atoms. The third-order valence-corrected chi connectivity index (χ3v) is 4.32. The average molecular weight is 377 g/mol. The minimum absolute atomic E-state index is 0.0214. The zero-order valence-corrected chi connectivity index (χ0v) is 13.7. The van der Waals surface area contributed by atoms with Gasteiger partial charge in [-0.25, -0.2) is 9.69 Å². The van der Waals surface area contributed by atoms with Crippen LogP contribution in [0.4, 0.5) is 5.69 Å². The highest BCUT2D eigenvalue weighted by Gasteiger charge is 2.56. The first-order valence-corrected chi connectivity index (χ1v) is 7.44. The molecule has 0 radical (unpaired) electrons. The lowest BCUT2D eigenvalue weighted by atomic mass is 9.99. The largest absolute Gasteiger partial charge is 0.464 e. The highest BCUT2D eigenvalue weighted by molar-refractivity contribution is 6.49. The molecule has 2 amide bonds. The first-order chi connectivity index (χ1) is 10.9. The normalized spacial score (nSPS) is 22.8. The number of hydrogen-bond acceptors (Lipinski definition) is 6. The summed E-state index contributed by atoms with van der Waals surface area (Å²) in [6.45, 7) is 0. The van der Waals surface area contributed by atoms with Crippen LogP contribution in [0.5, 0.6) is 0 Å². The van der Waals surface area contributed by atoms with Crippen LogP contribution in [0.25, 0.3) is 0 Å². The van der Waals surface area contributed by atoms with Gasteiger partial charge in [-0.3, -0.25) is 15.0 Å². The van der Waals surface area contributed by atoms with Gasteiger partial charge >= 0.3 is 5.97 Å². The number of nitrogens with zero attached hydrogens (tertiary/aromatic N) is 2. The lowest BCUT2D eigenvalue weighted by Crippen LogP contribution is -2.36. The van der Waals surface area contributed by atoms with Crippen molar-refractivity contribution in [2.24, 2.45) is 11.0 Å². The van der Waals surface area contributed by atoms with E-state index in [2.05, 4.69) is 15.3 Å². The monoisotopic (exact) mass is 375 g/mol. The van der Waals surface area contributed by atoms with Crippen LogP contribution in [-0.4, -0.2) is 36.6 Å². The number of carbonyl (C=O) groups is 3. The molecule has 23 heavy (non-hydrogen) atoms. The number of esters is 1. The number of methoxy groups -OCH3 is 1. The predicted octanol–water partition coefficient (Wildman–Crippen LogP) is 1.64. The van der Waals surface area contributed by atoms with E-state index in [4.69, 9.17) is 34.8 Å². The summed E-state index contributed by atoms with van der Waals surface area (Å²) in [5.74, 6) is -3.16. The van der Waals surface area contributed by atoms with Crippen molar-refractivity contribution in [1.29, 1.82) is 0 Å². The van der Waals surface area contributed by atoms with E-state index in [1.165, 1.54) is 12.1 Å². The van der Waals surface area contributed by atoms with Gasteiger partial charge in [-0.05, 0) is 12.1 Å². The van der Waals surface area contributed by atoms with Gasteiger partial charge < -0.3 is 4.74 Å². The van der Waals surface area contributed by atoms with Crippen molar-refractivity contribution in [3.8, 4) is 0 Å². The quantitative estimate of drug-likeness (QED) is 0.626. The van der Waals surface area contributed by atoms with E-state index in [9.17, 15) is 14.4 Å². The van der Waals surface area contributed by atoms with Crippen molar-refractivity contribution < 1.29 is 19.1 Å². The fraction of sp³-hybridized carbons (Fsp3) is 0.231. The highest BCUT2D eigenvalue weighted by atomic mass is 35.5. The van der Waals surface area contributed by atoms with Crippen molar-refractivity contribution in [2.45, 2.75) is 6.04 Å². The molecule has 1 fully saturated rings. The second-order valence-electron chi connectivity index (χ2n) is 4.80. The van der Waals surface area contributed by atoms with Crippen LogP contribution in [0.2, 0.25) is 15.1 Å². The van der Waals surface area contributed by atoms with E-state index in [-0.39, 0.29) is 26.5 Å². The topological polar surface area (TPSA) is 88.1 Å². The lowest BCUT2D eigenvalue weighted by Gasteiger charge is -2.18. The molecule has 1 aromatic carbocycles. The molecule has 7 nitrogen and oxygen atoms in total. The second kappa shape index (κ2) is 5.67. The van der Waals surface area contributed by atoms with Gasteiger partial charge in [0.15, 0.2) is 5.71 Å². The molecule has 10 heteroatoms. The van der Waals surface area contributed by atoms with Crippen molar-refractivity contribution in [1.82, 2.24) is 5.43 Å². The van der Waals surface area contributed by atoms with E-state index >= 15 is 0 Å². The zero-order valence-electron chi connectivity index (χ0n) is 11.5. The Labute approximate surface area is 145 Å². The van der Waals surface area contributed by atoms with Gasteiger partial charge in [-0.15, -0.1) is 0 Å². The number of carbonyl (C=O) groups excluding carboxylic acids is 3. The number of amides is 2. The first kappa shape index (κ1) is 16.0. The molecule has 3 rings (SSSR count). The molecular weight excluding hydrogens is 369 g/mol. The molecule has 2 aliphatic rings. The number of rotatable bonds is 2. The Hall–Kier alpha value is -1.83. The number of halogens is 3. The fourth-order valence-corrected chi connectivity index (χ4v) is 3.52. The Balaban J connectivity index is 2.05. The summed E-state index contributed by atoms with van der Waals surface area (Å²) < 4.78 is 4.57. The molecule has 1 saturated heterocycles. The van der Waals surface area contributed by atoms with Crippen LogP contribution < -0.4 is 10.3 Å². The van der Waals surface area contributed by atoms with E-state index in [0.29, 0.717) is 0 Å². The number of hydrogen-bond donors (Lipinski definition) is 1. The maximum atomic E-state index is 12.6. The second-order valence-corrected chi connectivity index (χ2v) is 6.05. The molecule has 0 unspecified atom stereocenters. The Morgan fingerprint density at radius 1 is 1.22 bits per heavy atom. The third-order valence-electron chi connectivity index (χ3n) is 3.52. The summed E-state index contributed by atoms with van der Waals surface area (Å²) in [4.78, 5) is 37.7. The summed E-state index contributed by atoms with van der Waals surface area (Å²) in [7, 11) is 1.16. The van der Waals surface area contributed by atoms with Crippen molar-refractivity contribution >= 4 is 64.0 Å². The van der Waals surface area contributed by atoms with Crippen LogP contribution in [0.3, 0.4) is 0 Å². The van der Waals surface area contributed by atoms with Crippen molar-refractivity contribution in [2.75, 3.05) is 12.0 Å². The van der Waals surface area contributed by atoms with Gasteiger partial charge in [0.05, 0.1) is 22.8 Å². The van der Waals surface area contributed by atoms with Crippen LogP contribution in [-0.2, 0) is 19.1 Å². The Kier molecular flexibility index (Phi) is 3.95. The summed E-state index contributed by atoms with van der Waals surface area (Å²) in [5.41, 5.74) is 2.33. The molecule has 1 aromatic rings. The molecule has 0 aliphatic carbocycles. The molecule has 2 aliphatic heterocycles. The van der Waals surface area contributed by atoms with Gasteiger partial charge in [-0.1, -0.05) is 34.8 Å². The molecule has 1 N–H and O–H groups in total. The molecule has 0 spiro atoms. The Bertz CT molecular complexity index is 757. The van der Waals surface area contributed by atoms with Gasteiger partial charge in [-0.2, -0.15) is 5.10 Å². The zero-order chi connectivity index (χ0) is 16.9. The van der Waals surface area contributed by atoms with E-state index in [0.717, 1.165) is 12.0 Å². The molecule has 2 heterocycles. The first-order valence-electron chi connectivity index (χ1n) is 6.30. The van der Waals surface area contributed by atoms with E-state index in [1.807, 2.05) is 0 Å². The SMILES string of the molecule is COC(=O)C1=NN[C@H]2C(=O)N(c3c(Cl)cc(Cl)cc3Cl)C(=O)[C@@H]12. The number of fused-ring (bicyclic) bond motifs is 1. The minimum Gasteiger partial charge on any atom is -0.464 e. The standard InChI is InChI=1S/C13H8Cl3N3O4/c1-23-13(22)9-7-8(17-18-9)12(21)19(11(7)20)10-5(15)2-4(14)3-6(10)16/h2-3,7-8,17H,1H3/t7-,8-/m1/s1. The number of hydrazone groups is 1. The maximum Gasteiger partial charge on any atom is 0.355 e. The number of nitrogens with one attached hydrogen (secondary N) is 1. The highest BCUT2D eigenvalue weighted by Crippen LogP contribution is 2.41. The van der Waals surface area contributed by atoms with Crippen LogP contribution >= 0.6 is 34.8 Å². The number of imide groups is 1. The fourth-order valence-electron chi connectivity index (χ4n) is 2.53. The van der Waals surface area contributed by atoms with Crippen molar-refractivity contribution in [3.05, 3.63) is 27.2 Å². The summed E-state index contributed by atoms with van der Waals surface area (Å²) in [5, 5.41) is 4.06. The summed E-state index contributed by atoms with van der Waals surface area (Å²) in [6.07, 6.45) is 0. The van der Waals surface area contributed by atoms with Gasteiger partial charge in [0, 0.05) is 5.02 Å². The van der Waals surface area contributed by atoms with Crippen LogP contribution in [0, 0.1) is 5.92 Å². The van der Waals surface area contributed by atoms with Gasteiger partial charge in [0.1, 0.15) is 12.0 Å². The molecule has 0 saturated carbocycles. The third kappa shape index (κ3) is 2.36. The number of ether oxygens (including phenoxy) is 1. The van der Waals surface area contributed by atoms with Crippen LogP contribution in [0.1, 0.15) is 0 Å². The number of benzene rings is 1. The summed E-state index contributed by atoms with van der Waals surface area (Å²) in [6, 6.07) is 1.73. The number of anilines is 1. The summed E-state index contributed by atoms with van der Waals surface area (Å²) >= 11 is 18.0. The molecular formula is C13H8Cl3N3O4. The molecule has 0 aromatic heterocycles. The predicted molar refractivity (Wildman–Crippen MR) is 83.8 cm³/mol. The van der Waals surface area contributed by atoms with Gasteiger partial charge in [0.25, 0.3) is 5.91 Å². The van der Waals surface area contributed by atoms with Gasteiger partial charge in [0.2, 0.25) is 5.91 Å². The average Bonchev–Trinajstić information content (AvgIpc) is 3.01. The van der Waals surface area contributed by atoms with Crippen LogP contribution in [0.15, 0.2) is 17.2 Å². The lowest BCUT2D eigenvalue weighted by molar-refractivity contribution is -0.133. The maximum absolute atomic E-state index is 12.6. The molecule has 2 atom stereocenters. The minimum atomic E-state index is -1.09. The Morgan fingerprint density at radius 3 is 2.39 bits per heavy atom.